The first-order valence-electron chi connectivity index (χ1n) is 12.2. The molecule has 0 unspecified atom stereocenters. The molecule has 4 rings (SSSR count). The van der Waals surface area contributed by atoms with Crippen LogP contribution in [-0.2, 0) is 14.3 Å². The second-order valence-electron chi connectivity index (χ2n) is 8.76. The van der Waals surface area contributed by atoms with Crippen LogP contribution in [0.15, 0.2) is 97.1 Å². The molecule has 40 heavy (non-hydrogen) atoms. The maximum Gasteiger partial charge on any atom is 0.338 e. The van der Waals surface area contributed by atoms with Gasteiger partial charge >= 0.3 is 11.9 Å². The maximum atomic E-state index is 11.6. The van der Waals surface area contributed by atoms with Gasteiger partial charge in [0.15, 0.2) is 6.61 Å². The normalized spacial score (nSPS) is 9.68. The van der Waals surface area contributed by atoms with Crippen LogP contribution in [0.2, 0.25) is 0 Å². The maximum absolute atomic E-state index is 11.6. The molecule has 0 aliphatic rings. The molecule has 0 heterocycles. The summed E-state index contributed by atoms with van der Waals surface area (Å²) in [5, 5.41) is 21.7. The number of carbonyl (C=O) groups excluding carboxylic acids is 2. The van der Waals surface area contributed by atoms with Crippen LogP contribution in [0.4, 0.5) is 0 Å². The molecule has 0 aromatic heterocycles. The molecule has 6 heteroatoms. The molecule has 0 saturated carbocycles. The van der Waals surface area contributed by atoms with Crippen LogP contribution in [0.25, 0.3) is 21.5 Å². The minimum absolute atomic E-state index is 0.0134. The summed E-state index contributed by atoms with van der Waals surface area (Å²) < 4.78 is 10.1. The van der Waals surface area contributed by atoms with E-state index in [1.165, 1.54) is 0 Å². The molecular formula is C34H28O6. The van der Waals surface area contributed by atoms with Crippen molar-refractivity contribution >= 4 is 33.5 Å². The van der Waals surface area contributed by atoms with Gasteiger partial charge in [-0.3, -0.25) is 0 Å². The zero-order valence-corrected chi connectivity index (χ0v) is 22.3. The summed E-state index contributed by atoms with van der Waals surface area (Å²) in [6.07, 6.45) is 0. The van der Waals surface area contributed by atoms with E-state index in [4.69, 9.17) is 14.6 Å². The van der Waals surface area contributed by atoms with E-state index in [1.807, 2.05) is 48.5 Å². The van der Waals surface area contributed by atoms with Crippen LogP contribution < -0.4 is 4.74 Å². The van der Waals surface area contributed by atoms with Crippen LogP contribution in [0.1, 0.15) is 25.0 Å². The van der Waals surface area contributed by atoms with E-state index < -0.39 is 11.9 Å². The number of benzene rings is 4. The van der Waals surface area contributed by atoms with E-state index in [2.05, 4.69) is 36.8 Å². The number of carbonyl (C=O) groups is 2. The Labute approximate surface area is 233 Å². The van der Waals surface area contributed by atoms with Crippen molar-refractivity contribution in [3.63, 3.8) is 0 Å². The van der Waals surface area contributed by atoms with Gasteiger partial charge in [0.25, 0.3) is 0 Å². The third-order valence-corrected chi connectivity index (χ3v) is 5.36. The second-order valence-corrected chi connectivity index (χ2v) is 8.76. The number of ether oxygens (including phenoxy) is 2. The first kappa shape index (κ1) is 29.3. The molecule has 2 N–H and O–H groups in total. The molecule has 4 aromatic carbocycles. The molecule has 0 saturated heterocycles. The average Bonchev–Trinajstić information content (AvgIpc) is 2.94. The lowest BCUT2D eigenvalue weighted by Gasteiger charge is -2.05. The van der Waals surface area contributed by atoms with Gasteiger partial charge in [0.05, 0.1) is 0 Å². The van der Waals surface area contributed by atoms with Crippen molar-refractivity contribution in [2.45, 2.75) is 13.8 Å². The lowest BCUT2D eigenvalue weighted by molar-refractivity contribution is -0.137. The zero-order valence-electron chi connectivity index (χ0n) is 22.3. The fourth-order valence-corrected chi connectivity index (χ4v) is 3.37. The van der Waals surface area contributed by atoms with Crippen molar-refractivity contribution in [2.24, 2.45) is 0 Å². The lowest BCUT2D eigenvalue weighted by Crippen LogP contribution is -2.07. The van der Waals surface area contributed by atoms with Crippen LogP contribution >= 0.6 is 0 Å². The molecule has 0 aliphatic heterocycles. The minimum atomic E-state index is -0.454. The van der Waals surface area contributed by atoms with Gasteiger partial charge in [-0.1, -0.05) is 61.1 Å². The predicted molar refractivity (Wildman–Crippen MR) is 157 cm³/mol. The Morgan fingerprint density at radius 1 is 0.725 bits per heavy atom. The third-order valence-electron chi connectivity index (χ3n) is 5.36. The molecule has 0 fully saturated rings. The number of hydrogen-bond donors (Lipinski definition) is 2. The number of aromatic hydroxyl groups is 1. The molecule has 6 nitrogen and oxygen atoms in total. The monoisotopic (exact) mass is 532 g/mol. The first-order chi connectivity index (χ1) is 19.2. The second kappa shape index (κ2) is 14.0. The van der Waals surface area contributed by atoms with E-state index in [0.29, 0.717) is 16.9 Å². The fraction of sp³-hybridized carbons (Fsp3) is 0.118. The van der Waals surface area contributed by atoms with Gasteiger partial charge < -0.3 is 19.7 Å². The highest BCUT2D eigenvalue weighted by Crippen LogP contribution is 2.23. The molecule has 4 aromatic rings. The van der Waals surface area contributed by atoms with E-state index in [1.54, 1.807) is 38.1 Å². The van der Waals surface area contributed by atoms with Gasteiger partial charge in [0, 0.05) is 22.3 Å². The number of aliphatic hydroxyl groups excluding tert-OH is 1. The molecule has 200 valence electrons. The van der Waals surface area contributed by atoms with Crippen molar-refractivity contribution in [1.29, 1.82) is 0 Å². The Balaban J connectivity index is 0.000000249. The zero-order chi connectivity index (χ0) is 29.1. The third kappa shape index (κ3) is 8.63. The topological polar surface area (TPSA) is 93.1 Å². The lowest BCUT2D eigenvalue weighted by atomic mass is 10.1. The Hall–Kier alpha value is -5.30. The van der Waals surface area contributed by atoms with E-state index in [9.17, 15) is 14.7 Å². The highest BCUT2D eigenvalue weighted by atomic mass is 16.5. The summed E-state index contributed by atoms with van der Waals surface area (Å²) in [6.45, 7) is 10.1. The molecule has 0 aliphatic carbocycles. The van der Waals surface area contributed by atoms with E-state index in [-0.39, 0.29) is 19.0 Å². The predicted octanol–water partition coefficient (Wildman–Crippen LogP) is 5.68. The van der Waals surface area contributed by atoms with Gasteiger partial charge in [-0.25, -0.2) is 9.59 Å². The number of phenols is 1. The number of hydrogen-bond acceptors (Lipinski definition) is 6. The molecule has 0 atom stereocenters. The number of phenolic OH excluding ortho intramolecular Hbond substituents is 1. The van der Waals surface area contributed by atoms with Crippen LogP contribution in [-0.4, -0.2) is 35.4 Å². The number of fused-ring (bicyclic) bond motifs is 2. The summed E-state index contributed by atoms with van der Waals surface area (Å²) in [6, 6.07) is 21.9. The van der Waals surface area contributed by atoms with Crippen molar-refractivity contribution in [1.82, 2.24) is 0 Å². The summed E-state index contributed by atoms with van der Waals surface area (Å²) in [7, 11) is 0. The first-order valence-corrected chi connectivity index (χ1v) is 12.2. The summed E-state index contributed by atoms with van der Waals surface area (Å²) in [5.41, 5.74) is 2.35. The smallest absolute Gasteiger partial charge is 0.338 e. The number of rotatable bonds is 4. The summed E-state index contributed by atoms with van der Waals surface area (Å²) in [4.78, 5) is 22.8. The Kier molecular flexibility index (Phi) is 10.3. The Morgan fingerprint density at radius 3 is 1.85 bits per heavy atom. The van der Waals surface area contributed by atoms with Crippen molar-refractivity contribution in [2.75, 3.05) is 13.2 Å². The Morgan fingerprint density at radius 2 is 1.25 bits per heavy atom. The van der Waals surface area contributed by atoms with Crippen molar-refractivity contribution < 1.29 is 29.3 Å². The minimum Gasteiger partial charge on any atom is -0.508 e. The number of aliphatic hydroxyl groups is 1. The molecular weight excluding hydrogens is 504 g/mol. The number of esters is 2. The highest BCUT2D eigenvalue weighted by molar-refractivity contribution is 5.91. The summed E-state index contributed by atoms with van der Waals surface area (Å²) >= 11 is 0. The van der Waals surface area contributed by atoms with Gasteiger partial charge in [-0.2, -0.15) is 0 Å². The van der Waals surface area contributed by atoms with Gasteiger partial charge in [-0.05, 0) is 83.9 Å². The summed E-state index contributed by atoms with van der Waals surface area (Å²) in [5.74, 6) is 11.0. The quantitative estimate of drug-likeness (QED) is 0.152. The van der Waals surface area contributed by atoms with Gasteiger partial charge in [-0.15, -0.1) is 0 Å². The van der Waals surface area contributed by atoms with Crippen LogP contribution in [0.5, 0.6) is 11.5 Å². The highest BCUT2D eigenvalue weighted by Gasteiger charge is 2.06. The van der Waals surface area contributed by atoms with E-state index in [0.717, 1.165) is 32.7 Å². The fourth-order valence-electron chi connectivity index (χ4n) is 3.37. The Bertz CT molecular complexity index is 1720. The molecule has 0 amide bonds. The van der Waals surface area contributed by atoms with Crippen molar-refractivity contribution in [3.8, 4) is 35.2 Å². The molecule has 0 spiro atoms. The molecule has 0 bridgehead atoms. The van der Waals surface area contributed by atoms with E-state index >= 15 is 0 Å². The van der Waals surface area contributed by atoms with Gasteiger partial charge in [0.1, 0.15) is 18.1 Å². The van der Waals surface area contributed by atoms with Crippen LogP contribution in [0.3, 0.4) is 0 Å². The van der Waals surface area contributed by atoms with Crippen molar-refractivity contribution in [3.05, 3.63) is 108 Å². The molecule has 0 radical (unpaired) electrons. The van der Waals surface area contributed by atoms with Crippen LogP contribution in [0, 0.1) is 23.7 Å². The largest absolute Gasteiger partial charge is 0.508 e. The SMILES string of the molecule is C=C(C)C(=O)OCC#Cc1ccc2cc(OC(=O)C(=C)C)ccc2c1.OCC#Cc1ccc2cc(O)ccc2c1. The standard InChI is InChI=1S/C21H18O4.C13H10O2/c1-14(2)20(22)24-11-5-6-16-7-8-18-13-19(10-9-17(18)12-16)25-21(23)15(3)4;14-7-1-2-10-3-4-12-9-13(15)6-5-11(12)8-10/h7-10,12-13H,1,3,11H2,2,4H3;3-6,8-9,14-15H,7H2. The average molecular weight is 533 g/mol. The van der Waals surface area contributed by atoms with Gasteiger partial charge in [0.2, 0.25) is 0 Å².